The van der Waals surface area contributed by atoms with E-state index in [1.807, 2.05) is 6.07 Å². The molecule has 3 nitrogen and oxygen atoms in total. The van der Waals surface area contributed by atoms with Gasteiger partial charge in [-0.15, -0.1) is 0 Å². The van der Waals surface area contributed by atoms with Crippen molar-refractivity contribution in [3.8, 4) is 11.5 Å². The molecule has 0 aromatic heterocycles. The molecule has 0 amide bonds. The minimum atomic E-state index is -0.504. The molecule has 152 valence electrons. The lowest BCUT2D eigenvalue weighted by Crippen LogP contribution is -2.46. The predicted molar refractivity (Wildman–Crippen MR) is 108 cm³/mol. The molecule has 0 heterocycles. The zero-order chi connectivity index (χ0) is 20.0. The summed E-state index contributed by atoms with van der Waals surface area (Å²) in [5, 5.41) is 0. The van der Waals surface area contributed by atoms with Gasteiger partial charge in [-0.1, -0.05) is 31.5 Å². The number of para-hydroxylation sites is 1. The number of esters is 1. The Hall–Kier alpha value is -2.36. The number of carbonyl (C=O) groups excluding carboxylic acids is 1. The number of hydrogen-bond acceptors (Lipinski definition) is 3. The number of carbonyl (C=O) groups is 1. The fourth-order valence-electron chi connectivity index (χ4n) is 6.39. The number of fused-ring (bicyclic) bond motifs is 5. The highest BCUT2D eigenvalue weighted by Gasteiger charge is 2.61. The first-order valence-corrected chi connectivity index (χ1v) is 10.9. The van der Waals surface area contributed by atoms with Gasteiger partial charge in [-0.3, -0.25) is 0 Å². The number of benzene rings is 2. The molecule has 0 saturated heterocycles. The zero-order valence-electron chi connectivity index (χ0n) is 16.8. The van der Waals surface area contributed by atoms with Crippen molar-refractivity contribution in [2.75, 3.05) is 0 Å². The van der Waals surface area contributed by atoms with Gasteiger partial charge in [-0.2, -0.15) is 0 Å². The molecule has 0 aliphatic heterocycles. The van der Waals surface area contributed by atoms with E-state index in [1.54, 1.807) is 24.3 Å². The third-order valence-corrected chi connectivity index (χ3v) is 7.62. The first kappa shape index (κ1) is 18.7. The van der Waals surface area contributed by atoms with Crippen molar-refractivity contribution in [3.05, 3.63) is 59.9 Å². The maximum atomic E-state index is 14.7. The Labute approximate surface area is 171 Å². The van der Waals surface area contributed by atoms with E-state index < -0.39 is 11.8 Å². The second-order valence-electron chi connectivity index (χ2n) is 8.93. The van der Waals surface area contributed by atoms with Crippen LogP contribution in [0.15, 0.2) is 48.5 Å². The van der Waals surface area contributed by atoms with Gasteiger partial charge in [0.25, 0.3) is 0 Å². The van der Waals surface area contributed by atoms with Gasteiger partial charge in [0.05, 0.1) is 5.56 Å². The van der Waals surface area contributed by atoms with Crippen LogP contribution in [0.5, 0.6) is 11.5 Å². The van der Waals surface area contributed by atoms with E-state index in [9.17, 15) is 9.18 Å². The molecular formula is C25H27FO3. The van der Waals surface area contributed by atoms with Gasteiger partial charge in [0.15, 0.2) is 11.6 Å². The first-order chi connectivity index (χ1) is 14.1. The lowest BCUT2D eigenvalue weighted by molar-refractivity contribution is -0.0282. The largest absolute Gasteiger partial charge is 0.484 e. The second-order valence-corrected chi connectivity index (χ2v) is 8.93. The number of rotatable bonds is 5. The van der Waals surface area contributed by atoms with Crippen LogP contribution in [0, 0.1) is 29.5 Å². The number of hydrogen-bond donors (Lipinski definition) is 0. The van der Waals surface area contributed by atoms with Crippen LogP contribution in [-0.4, -0.2) is 11.6 Å². The van der Waals surface area contributed by atoms with Gasteiger partial charge in [-0.05, 0) is 80.2 Å². The van der Waals surface area contributed by atoms with E-state index >= 15 is 0 Å². The van der Waals surface area contributed by atoms with Crippen molar-refractivity contribution in [3.63, 3.8) is 0 Å². The molecule has 3 aliphatic rings. The number of ether oxygens (including phenoxy) is 2. The lowest BCUT2D eigenvalue weighted by atomic mass is 9.71. The Morgan fingerprint density at radius 1 is 1.14 bits per heavy atom. The zero-order valence-corrected chi connectivity index (χ0v) is 16.8. The highest BCUT2D eigenvalue weighted by Crippen LogP contribution is 2.64. The summed E-state index contributed by atoms with van der Waals surface area (Å²) < 4.78 is 26.5. The predicted octanol–water partition coefficient (Wildman–Crippen LogP) is 6.03. The molecule has 2 aromatic rings. The molecule has 5 rings (SSSR count). The quantitative estimate of drug-likeness (QED) is 0.459. The summed E-state index contributed by atoms with van der Waals surface area (Å²) >= 11 is 0. The lowest BCUT2D eigenvalue weighted by Gasteiger charge is -2.42. The molecule has 3 saturated carbocycles. The maximum absolute atomic E-state index is 14.7. The van der Waals surface area contributed by atoms with Gasteiger partial charge in [0, 0.05) is 5.92 Å². The Balaban J connectivity index is 1.38. The van der Waals surface area contributed by atoms with Crippen LogP contribution in [0.25, 0.3) is 0 Å². The minimum absolute atomic E-state index is 0.177. The molecule has 0 spiro atoms. The molecule has 29 heavy (non-hydrogen) atoms. The van der Waals surface area contributed by atoms with Gasteiger partial charge >= 0.3 is 5.97 Å². The van der Waals surface area contributed by atoms with Gasteiger partial charge in [0.2, 0.25) is 0 Å². The fraction of sp³-hybridized carbons (Fsp3) is 0.480. The summed E-state index contributed by atoms with van der Waals surface area (Å²) in [4.78, 5) is 12.5. The van der Waals surface area contributed by atoms with Gasteiger partial charge in [-0.25, -0.2) is 9.18 Å². The molecular weight excluding hydrogens is 367 g/mol. The van der Waals surface area contributed by atoms with Crippen LogP contribution < -0.4 is 9.47 Å². The Kier molecular flexibility index (Phi) is 4.60. The Morgan fingerprint density at radius 3 is 2.72 bits per heavy atom. The van der Waals surface area contributed by atoms with Crippen LogP contribution in [0.2, 0.25) is 0 Å². The molecule has 3 fully saturated rings. The molecule has 2 aromatic carbocycles. The van der Waals surface area contributed by atoms with E-state index in [1.165, 1.54) is 43.9 Å². The maximum Gasteiger partial charge on any atom is 0.343 e. The SMILES string of the molecule is CCC1(Oc2cc(C(=O)Oc3ccccc3)ccc2F)CC2CC1C1CCCC21. The normalized spacial score (nSPS) is 32.2. The molecule has 5 unspecified atom stereocenters. The monoisotopic (exact) mass is 394 g/mol. The van der Waals surface area contributed by atoms with E-state index in [0.717, 1.165) is 24.7 Å². The topological polar surface area (TPSA) is 35.5 Å². The summed E-state index contributed by atoms with van der Waals surface area (Å²) in [6, 6.07) is 13.2. The fourth-order valence-corrected chi connectivity index (χ4v) is 6.39. The molecule has 0 radical (unpaired) electrons. The van der Waals surface area contributed by atoms with Gasteiger partial charge in [0.1, 0.15) is 11.4 Å². The molecule has 0 N–H and O–H groups in total. The van der Waals surface area contributed by atoms with Crippen LogP contribution in [0.1, 0.15) is 55.8 Å². The standard InChI is InChI=1S/C25H27FO3/c1-2-25(15-17-13-21(25)20-10-6-9-19(17)20)29-23-14-16(11-12-22(23)26)24(27)28-18-7-4-3-5-8-18/h3-5,7-8,11-12,14,17,19-21H,2,6,9-10,13,15H2,1H3. The highest BCUT2D eigenvalue weighted by molar-refractivity contribution is 5.91. The van der Waals surface area contributed by atoms with E-state index in [2.05, 4.69) is 6.92 Å². The Morgan fingerprint density at radius 2 is 1.93 bits per heavy atom. The smallest absolute Gasteiger partial charge is 0.343 e. The molecule has 2 bridgehead atoms. The minimum Gasteiger partial charge on any atom is -0.484 e. The summed E-state index contributed by atoms with van der Waals surface area (Å²) in [5.41, 5.74) is -0.00250. The highest BCUT2D eigenvalue weighted by atomic mass is 19.1. The van der Waals surface area contributed by atoms with Crippen molar-refractivity contribution < 1.29 is 18.7 Å². The first-order valence-electron chi connectivity index (χ1n) is 10.9. The summed E-state index contributed by atoms with van der Waals surface area (Å²) in [7, 11) is 0. The van der Waals surface area contributed by atoms with Crippen molar-refractivity contribution >= 4 is 5.97 Å². The third-order valence-electron chi connectivity index (χ3n) is 7.62. The average molecular weight is 394 g/mol. The van der Waals surface area contributed by atoms with Crippen LogP contribution >= 0.6 is 0 Å². The second kappa shape index (κ2) is 7.16. The van der Waals surface area contributed by atoms with Crippen LogP contribution in [-0.2, 0) is 0 Å². The molecule has 4 heteroatoms. The van der Waals surface area contributed by atoms with E-state index in [-0.39, 0.29) is 11.4 Å². The van der Waals surface area contributed by atoms with Crippen molar-refractivity contribution in [1.29, 1.82) is 0 Å². The molecule has 5 atom stereocenters. The van der Waals surface area contributed by atoms with Gasteiger partial charge < -0.3 is 9.47 Å². The summed E-state index contributed by atoms with van der Waals surface area (Å²) in [6.07, 6.45) is 7.03. The summed E-state index contributed by atoms with van der Waals surface area (Å²) in [5.74, 6) is 2.51. The van der Waals surface area contributed by atoms with Crippen LogP contribution in [0.3, 0.4) is 0 Å². The van der Waals surface area contributed by atoms with E-state index in [0.29, 0.717) is 23.1 Å². The van der Waals surface area contributed by atoms with Crippen LogP contribution in [0.4, 0.5) is 4.39 Å². The summed E-state index contributed by atoms with van der Waals surface area (Å²) in [6.45, 7) is 2.15. The van der Waals surface area contributed by atoms with Crippen molar-refractivity contribution in [1.82, 2.24) is 0 Å². The average Bonchev–Trinajstić information content (AvgIpc) is 3.43. The number of halogens is 1. The third kappa shape index (κ3) is 3.13. The van der Waals surface area contributed by atoms with E-state index in [4.69, 9.17) is 9.47 Å². The Bertz CT molecular complexity index is 912. The molecule has 3 aliphatic carbocycles. The van der Waals surface area contributed by atoms with Crippen molar-refractivity contribution in [2.24, 2.45) is 23.7 Å². The van der Waals surface area contributed by atoms with Crippen molar-refractivity contribution in [2.45, 2.75) is 51.0 Å².